The van der Waals surface area contributed by atoms with Crippen LogP contribution in [0.1, 0.15) is 29.7 Å². The van der Waals surface area contributed by atoms with E-state index in [-0.39, 0.29) is 6.54 Å². The van der Waals surface area contributed by atoms with Crippen molar-refractivity contribution in [2.75, 3.05) is 7.11 Å². The van der Waals surface area contributed by atoms with Crippen LogP contribution >= 0.6 is 0 Å². The Morgan fingerprint density at radius 2 is 1.88 bits per heavy atom. The summed E-state index contributed by atoms with van der Waals surface area (Å²) >= 11 is 0. The minimum atomic E-state index is -4.41. The van der Waals surface area contributed by atoms with E-state index in [4.69, 9.17) is 4.74 Å². The van der Waals surface area contributed by atoms with Gasteiger partial charge in [0.25, 0.3) is 0 Å². The number of amides is 2. The van der Waals surface area contributed by atoms with Crippen LogP contribution in [0.3, 0.4) is 0 Å². The lowest BCUT2D eigenvalue weighted by atomic mass is 10.1. The van der Waals surface area contributed by atoms with Crippen molar-refractivity contribution >= 4 is 6.03 Å². The zero-order chi connectivity index (χ0) is 18.4. The van der Waals surface area contributed by atoms with Crippen LogP contribution in [0.2, 0.25) is 0 Å². The van der Waals surface area contributed by atoms with Gasteiger partial charge in [-0.3, -0.25) is 0 Å². The number of alkyl halides is 3. The Morgan fingerprint density at radius 3 is 2.56 bits per heavy atom. The predicted molar refractivity (Wildman–Crippen MR) is 88.2 cm³/mol. The van der Waals surface area contributed by atoms with E-state index in [2.05, 4.69) is 10.6 Å². The van der Waals surface area contributed by atoms with Gasteiger partial charge >= 0.3 is 12.2 Å². The zero-order valence-corrected chi connectivity index (χ0v) is 13.9. The van der Waals surface area contributed by atoms with E-state index >= 15 is 0 Å². The summed E-state index contributed by atoms with van der Waals surface area (Å²) in [5.74, 6) is 0.647. The van der Waals surface area contributed by atoms with E-state index in [9.17, 15) is 18.0 Å². The molecule has 1 unspecified atom stereocenters. The first-order chi connectivity index (χ1) is 11.8. The summed E-state index contributed by atoms with van der Waals surface area (Å²) in [5.41, 5.74) is 0.433. The fourth-order valence-electron chi connectivity index (χ4n) is 2.34. The molecule has 0 aliphatic carbocycles. The lowest BCUT2D eigenvalue weighted by molar-refractivity contribution is -0.137. The van der Waals surface area contributed by atoms with Gasteiger partial charge in [0.15, 0.2) is 0 Å². The topological polar surface area (TPSA) is 50.4 Å². The summed E-state index contributed by atoms with van der Waals surface area (Å²) in [5, 5.41) is 5.29. The summed E-state index contributed by atoms with van der Waals surface area (Å²) in [6, 6.07) is 11.1. The molecule has 0 heterocycles. The Kier molecular flexibility index (Phi) is 5.90. The average molecular weight is 352 g/mol. The normalized spacial score (nSPS) is 12.4. The Balaban J connectivity index is 1.96. The van der Waals surface area contributed by atoms with Gasteiger partial charge in [-0.25, -0.2) is 4.79 Å². The van der Waals surface area contributed by atoms with Gasteiger partial charge in [-0.15, -0.1) is 0 Å². The Hall–Kier alpha value is -2.70. The van der Waals surface area contributed by atoms with E-state index in [0.29, 0.717) is 11.3 Å². The maximum Gasteiger partial charge on any atom is 0.416 e. The molecule has 0 spiro atoms. The second kappa shape index (κ2) is 7.92. The van der Waals surface area contributed by atoms with Gasteiger partial charge in [0.2, 0.25) is 0 Å². The van der Waals surface area contributed by atoms with Gasteiger partial charge in [-0.1, -0.05) is 30.3 Å². The predicted octanol–water partition coefficient (Wildman–Crippen LogP) is 4.27. The summed E-state index contributed by atoms with van der Waals surface area (Å²) in [6.45, 7) is 1.86. The second-order valence-electron chi connectivity index (χ2n) is 5.48. The standard InChI is InChI=1S/C18H19F3N2O2/c1-12(13-7-5-8-15(10-13)18(19,20)21)23-17(24)22-11-14-6-3-4-9-16(14)25-2/h3-10,12H,11H2,1-2H3,(H2,22,23,24). The van der Waals surface area contributed by atoms with Gasteiger partial charge in [-0.05, 0) is 30.7 Å². The molecule has 0 saturated carbocycles. The van der Waals surface area contributed by atoms with Crippen LogP contribution in [0, 0.1) is 0 Å². The van der Waals surface area contributed by atoms with Crippen molar-refractivity contribution in [1.82, 2.24) is 10.6 Å². The Morgan fingerprint density at radius 1 is 1.16 bits per heavy atom. The third-order valence-corrected chi connectivity index (χ3v) is 3.69. The van der Waals surface area contributed by atoms with Crippen molar-refractivity contribution in [2.45, 2.75) is 25.7 Å². The fraction of sp³-hybridized carbons (Fsp3) is 0.278. The summed E-state index contributed by atoms with van der Waals surface area (Å²) in [7, 11) is 1.54. The molecule has 1 atom stereocenters. The molecular weight excluding hydrogens is 333 g/mol. The number of benzene rings is 2. The molecule has 2 aromatic rings. The largest absolute Gasteiger partial charge is 0.496 e. The maximum absolute atomic E-state index is 12.8. The average Bonchev–Trinajstić information content (AvgIpc) is 2.59. The van der Waals surface area contributed by atoms with Crippen LogP contribution in [0.5, 0.6) is 5.75 Å². The van der Waals surface area contributed by atoms with Gasteiger partial charge < -0.3 is 15.4 Å². The molecule has 25 heavy (non-hydrogen) atoms. The van der Waals surface area contributed by atoms with Crippen LogP contribution in [0.4, 0.5) is 18.0 Å². The second-order valence-corrected chi connectivity index (χ2v) is 5.48. The molecule has 0 bridgehead atoms. The van der Waals surface area contributed by atoms with E-state index in [1.165, 1.54) is 13.2 Å². The summed E-state index contributed by atoms with van der Waals surface area (Å²) in [6.07, 6.45) is -4.41. The molecule has 0 aliphatic rings. The van der Waals surface area contributed by atoms with E-state index < -0.39 is 23.8 Å². The highest BCUT2D eigenvalue weighted by molar-refractivity contribution is 5.74. The van der Waals surface area contributed by atoms with Crippen LogP contribution in [0.25, 0.3) is 0 Å². The number of ether oxygens (including phenoxy) is 1. The molecule has 0 saturated heterocycles. The molecular formula is C18H19F3N2O2. The van der Waals surface area contributed by atoms with E-state index in [1.54, 1.807) is 19.1 Å². The highest BCUT2D eigenvalue weighted by Gasteiger charge is 2.30. The number of nitrogens with one attached hydrogen (secondary N) is 2. The number of urea groups is 1. The van der Waals surface area contributed by atoms with Gasteiger partial charge in [-0.2, -0.15) is 13.2 Å². The highest BCUT2D eigenvalue weighted by atomic mass is 19.4. The molecule has 0 radical (unpaired) electrons. The van der Waals surface area contributed by atoms with Gasteiger partial charge in [0.1, 0.15) is 5.75 Å². The lowest BCUT2D eigenvalue weighted by Crippen LogP contribution is -2.36. The SMILES string of the molecule is COc1ccccc1CNC(=O)NC(C)c1cccc(C(F)(F)F)c1. The summed E-state index contributed by atoms with van der Waals surface area (Å²) < 4.78 is 43.5. The number of rotatable bonds is 5. The summed E-state index contributed by atoms with van der Waals surface area (Å²) in [4.78, 5) is 12.0. The van der Waals surface area contributed by atoms with Crippen molar-refractivity contribution in [1.29, 1.82) is 0 Å². The van der Waals surface area contributed by atoms with Crippen LogP contribution in [0.15, 0.2) is 48.5 Å². The third-order valence-electron chi connectivity index (χ3n) is 3.69. The first-order valence-corrected chi connectivity index (χ1v) is 7.64. The van der Waals surface area contributed by atoms with E-state index in [1.807, 2.05) is 18.2 Å². The van der Waals surface area contributed by atoms with Gasteiger partial charge in [0, 0.05) is 12.1 Å². The Labute approximate surface area is 144 Å². The van der Waals surface area contributed by atoms with Crippen molar-refractivity contribution < 1.29 is 22.7 Å². The number of halogens is 3. The van der Waals surface area contributed by atoms with E-state index in [0.717, 1.165) is 17.7 Å². The fourth-order valence-corrected chi connectivity index (χ4v) is 2.34. The molecule has 2 rings (SSSR count). The lowest BCUT2D eigenvalue weighted by Gasteiger charge is -2.17. The van der Waals surface area contributed by atoms with Gasteiger partial charge in [0.05, 0.1) is 18.7 Å². The van der Waals surface area contributed by atoms with Crippen molar-refractivity contribution in [3.05, 3.63) is 65.2 Å². The molecule has 0 aliphatic heterocycles. The molecule has 2 aromatic carbocycles. The molecule has 0 aromatic heterocycles. The van der Waals surface area contributed by atoms with Crippen LogP contribution in [-0.2, 0) is 12.7 Å². The first kappa shape index (κ1) is 18.6. The number of carbonyl (C=O) groups excluding carboxylic acids is 1. The maximum atomic E-state index is 12.8. The number of hydrogen-bond acceptors (Lipinski definition) is 2. The quantitative estimate of drug-likeness (QED) is 0.844. The Bertz CT molecular complexity index is 732. The van der Waals surface area contributed by atoms with Crippen molar-refractivity contribution in [2.24, 2.45) is 0 Å². The third kappa shape index (κ3) is 5.14. The number of hydrogen-bond donors (Lipinski definition) is 2. The molecule has 4 nitrogen and oxygen atoms in total. The number of carbonyl (C=O) groups is 1. The molecule has 0 fully saturated rings. The molecule has 134 valence electrons. The zero-order valence-electron chi connectivity index (χ0n) is 13.9. The van der Waals surface area contributed by atoms with Crippen LogP contribution < -0.4 is 15.4 Å². The number of methoxy groups -OCH3 is 1. The van der Waals surface area contributed by atoms with Crippen LogP contribution in [-0.4, -0.2) is 13.1 Å². The number of para-hydroxylation sites is 1. The molecule has 7 heteroatoms. The highest BCUT2D eigenvalue weighted by Crippen LogP contribution is 2.30. The molecule has 2 amide bonds. The molecule has 2 N–H and O–H groups in total. The minimum absolute atomic E-state index is 0.241. The van der Waals surface area contributed by atoms with Crippen molar-refractivity contribution in [3.63, 3.8) is 0 Å². The first-order valence-electron chi connectivity index (χ1n) is 7.64. The monoisotopic (exact) mass is 352 g/mol. The van der Waals surface area contributed by atoms with Crippen molar-refractivity contribution in [3.8, 4) is 5.75 Å². The smallest absolute Gasteiger partial charge is 0.416 e. The minimum Gasteiger partial charge on any atom is -0.496 e.